The summed E-state index contributed by atoms with van der Waals surface area (Å²) in [4.78, 5) is 35.8. The highest BCUT2D eigenvalue weighted by Gasteiger charge is 2.12. The lowest BCUT2D eigenvalue weighted by Gasteiger charge is -2.09. The Bertz CT molecular complexity index is 834. The first-order valence-corrected chi connectivity index (χ1v) is 8.63. The van der Waals surface area contributed by atoms with Gasteiger partial charge in [0.1, 0.15) is 6.54 Å². The molecule has 142 valence electrons. The summed E-state index contributed by atoms with van der Waals surface area (Å²) in [6.45, 7) is 6.94. The number of nitrogens with one attached hydrogen (secondary N) is 2. The number of benzene rings is 2. The molecule has 0 heterocycles. The van der Waals surface area contributed by atoms with Crippen LogP contribution in [0, 0.1) is 27.7 Å². The number of amides is 2. The second kappa shape index (κ2) is 8.98. The molecule has 2 N–H and O–H groups in total. The van der Waals surface area contributed by atoms with E-state index in [4.69, 9.17) is 4.74 Å². The van der Waals surface area contributed by atoms with Gasteiger partial charge in [-0.3, -0.25) is 14.4 Å². The summed E-state index contributed by atoms with van der Waals surface area (Å²) < 4.78 is 4.90. The van der Waals surface area contributed by atoms with E-state index in [1.807, 2.05) is 52.0 Å². The van der Waals surface area contributed by atoms with Crippen molar-refractivity contribution in [1.29, 1.82) is 0 Å². The van der Waals surface area contributed by atoms with Gasteiger partial charge in [0.2, 0.25) is 0 Å². The third-order valence-electron chi connectivity index (χ3n) is 3.75. The smallest absolute Gasteiger partial charge is 0.325 e. The standard InChI is InChI=1S/C21H24N2O4/c1-13-5-14(2)8-17(7-13)21(26)22-11-20(25)27-12-19(24)23-18-9-15(3)6-16(4)10-18/h5-10H,11-12H2,1-4H3,(H,22,26)(H,23,24). The van der Waals surface area contributed by atoms with Crippen LogP contribution in [0.3, 0.4) is 0 Å². The molecule has 6 nitrogen and oxygen atoms in total. The van der Waals surface area contributed by atoms with Gasteiger partial charge >= 0.3 is 5.97 Å². The third-order valence-corrected chi connectivity index (χ3v) is 3.75. The molecule has 0 unspecified atom stereocenters. The number of anilines is 1. The first-order valence-electron chi connectivity index (χ1n) is 8.63. The number of rotatable bonds is 6. The van der Waals surface area contributed by atoms with E-state index >= 15 is 0 Å². The van der Waals surface area contributed by atoms with Crippen LogP contribution in [0.2, 0.25) is 0 Å². The number of carbonyl (C=O) groups excluding carboxylic acids is 3. The molecule has 0 saturated carbocycles. The van der Waals surface area contributed by atoms with Crippen molar-refractivity contribution < 1.29 is 19.1 Å². The molecule has 2 amide bonds. The fourth-order valence-corrected chi connectivity index (χ4v) is 2.80. The zero-order valence-corrected chi connectivity index (χ0v) is 16.0. The summed E-state index contributed by atoms with van der Waals surface area (Å²) in [5, 5.41) is 5.17. The van der Waals surface area contributed by atoms with Crippen LogP contribution in [-0.2, 0) is 14.3 Å². The highest BCUT2D eigenvalue weighted by Crippen LogP contribution is 2.13. The van der Waals surface area contributed by atoms with E-state index in [1.54, 1.807) is 12.1 Å². The van der Waals surface area contributed by atoms with Crippen molar-refractivity contribution in [2.45, 2.75) is 27.7 Å². The lowest BCUT2D eigenvalue weighted by molar-refractivity contribution is -0.146. The SMILES string of the molecule is Cc1cc(C)cc(NC(=O)COC(=O)CNC(=O)c2cc(C)cc(C)c2)c1. The molecule has 2 aromatic carbocycles. The van der Waals surface area contributed by atoms with Crippen LogP contribution in [0.5, 0.6) is 0 Å². The lowest BCUT2D eigenvalue weighted by Crippen LogP contribution is -2.32. The number of aryl methyl sites for hydroxylation is 4. The maximum Gasteiger partial charge on any atom is 0.325 e. The van der Waals surface area contributed by atoms with Crippen molar-refractivity contribution in [3.05, 3.63) is 64.2 Å². The number of carbonyl (C=O) groups is 3. The molecule has 2 rings (SSSR count). The molecule has 6 heteroatoms. The van der Waals surface area contributed by atoms with Crippen LogP contribution in [0.25, 0.3) is 0 Å². The Balaban J connectivity index is 1.78. The Morgan fingerprint density at radius 1 is 0.815 bits per heavy atom. The van der Waals surface area contributed by atoms with E-state index < -0.39 is 18.5 Å². The molecule has 0 aliphatic rings. The van der Waals surface area contributed by atoms with Crippen molar-refractivity contribution >= 4 is 23.5 Å². The summed E-state index contributed by atoms with van der Waals surface area (Å²) in [6.07, 6.45) is 0. The quantitative estimate of drug-likeness (QED) is 0.768. The van der Waals surface area contributed by atoms with Gasteiger partial charge < -0.3 is 15.4 Å². The largest absolute Gasteiger partial charge is 0.454 e. The molecule has 0 atom stereocenters. The summed E-state index contributed by atoms with van der Waals surface area (Å²) in [5.41, 5.74) is 5.11. The predicted molar refractivity (Wildman–Crippen MR) is 104 cm³/mol. The van der Waals surface area contributed by atoms with E-state index in [0.29, 0.717) is 11.3 Å². The Morgan fingerprint density at radius 2 is 1.33 bits per heavy atom. The predicted octanol–water partition coefficient (Wildman–Crippen LogP) is 2.83. The van der Waals surface area contributed by atoms with Gasteiger partial charge in [-0.1, -0.05) is 23.3 Å². The average molecular weight is 368 g/mol. The molecule has 0 spiro atoms. The number of esters is 1. The van der Waals surface area contributed by atoms with E-state index in [-0.39, 0.29) is 12.5 Å². The van der Waals surface area contributed by atoms with E-state index in [1.165, 1.54) is 0 Å². The average Bonchev–Trinajstić information content (AvgIpc) is 2.56. The summed E-state index contributed by atoms with van der Waals surface area (Å²) in [7, 11) is 0. The van der Waals surface area contributed by atoms with Crippen LogP contribution in [0.15, 0.2) is 36.4 Å². The topological polar surface area (TPSA) is 84.5 Å². The summed E-state index contributed by atoms with van der Waals surface area (Å²) >= 11 is 0. The molecule has 0 aliphatic carbocycles. The first kappa shape index (κ1) is 20.2. The van der Waals surface area contributed by atoms with Crippen LogP contribution < -0.4 is 10.6 Å². The second-order valence-corrected chi connectivity index (χ2v) is 6.64. The van der Waals surface area contributed by atoms with Crippen molar-refractivity contribution in [2.75, 3.05) is 18.5 Å². The maximum atomic E-state index is 12.1. The first-order chi connectivity index (χ1) is 12.7. The monoisotopic (exact) mass is 368 g/mol. The van der Waals surface area contributed by atoms with Crippen molar-refractivity contribution in [2.24, 2.45) is 0 Å². The highest BCUT2D eigenvalue weighted by atomic mass is 16.5. The molecule has 0 aromatic heterocycles. The van der Waals surface area contributed by atoms with E-state index in [2.05, 4.69) is 10.6 Å². The summed E-state index contributed by atoms with van der Waals surface area (Å²) in [5.74, 6) is -1.48. The number of hydrogen-bond donors (Lipinski definition) is 2. The molecular weight excluding hydrogens is 344 g/mol. The Kier molecular flexibility index (Phi) is 6.71. The summed E-state index contributed by atoms with van der Waals surface area (Å²) in [6, 6.07) is 11.1. The maximum absolute atomic E-state index is 12.1. The third kappa shape index (κ3) is 6.58. The molecule has 27 heavy (non-hydrogen) atoms. The number of ether oxygens (including phenoxy) is 1. The minimum atomic E-state index is -0.678. The molecular formula is C21H24N2O4. The number of hydrogen-bond acceptors (Lipinski definition) is 4. The van der Waals surface area contributed by atoms with E-state index in [9.17, 15) is 14.4 Å². The zero-order valence-electron chi connectivity index (χ0n) is 16.0. The minimum absolute atomic E-state index is 0.303. The van der Waals surface area contributed by atoms with Gasteiger partial charge in [-0.15, -0.1) is 0 Å². The molecule has 2 aromatic rings. The van der Waals surface area contributed by atoms with Crippen LogP contribution in [-0.4, -0.2) is 30.9 Å². The van der Waals surface area contributed by atoms with Gasteiger partial charge in [-0.25, -0.2) is 0 Å². The van der Waals surface area contributed by atoms with E-state index in [0.717, 1.165) is 22.3 Å². The van der Waals surface area contributed by atoms with Crippen LogP contribution >= 0.6 is 0 Å². The fourth-order valence-electron chi connectivity index (χ4n) is 2.80. The Morgan fingerprint density at radius 3 is 1.89 bits per heavy atom. The minimum Gasteiger partial charge on any atom is -0.454 e. The fraction of sp³-hybridized carbons (Fsp3) is 0.286. The van der Waals surface area contributed by atoms with Crippen LogP contribution in [0.4, 0.5) is 5.69 Å². The zero-order chi connectivity index (χ0) is 20.0. The Labute approximate surface area is 158 Å². The van der Waals surface area contributed by atoms with Crippen molar-refractivity contribution in [1.82, 2.24) is 5.32 Å². The molecule has 0 aliphatic heterocycles. The van der Waals surface area contributed by atoms with Gasteiger partial charge in [-0.2, -0.15) is 0 Å². The van der Waals surface area contributed by atoms with Crippen LogP contribution in [0.1, 0.15) is 32.6 Å². The lowest BCUT2D eigenvalue weighted by atomic mass is 10.1. The molecule has 0 bridgehead atoms. The van der Waals surface area contributed by atoms with Gasteiger partial charge in [0.05, 0.1) is 0 Å². The molecule has 0 fully saturated rings. The van der Waals surface area contributed by atoms with Gasteiger partial charge in [0.15, 0.2) is 6.61 Å². The van der Waals surface area contributed by atoms with Gasteiger partial charge in [0.25, 0.3) is 11.8 Å². The van der Waals surface area contributed by atoms with Gasteiger partial charge in [-0.05, 0) is 63.1 Å². The molecule has 0 saturated heterocycles. The normalized spacial score (nSPS) is 10.2. The van der Waals surface area contributed by atoms with Crippen molar-refractivity contribution in [3.8, 4) is 0 Å². The van der Waals surface area contributed by atoms with Gasteiger partial charge in [0, 0.05) is 11.3 Å². The Hall–Kier alpha value is -3.15. The molecule has 0 radical (unpaired) electrons. The highest BCUT2D eigenvalue weighted by molar-refractivity contribution is 5.97. The second-order valence-electron chi connectivity index (χ2n) is 6.64. The van der Waals surface area contributed by atoms with Crippen molar-refractivity contribution in [3.63, 3.8) is 0 Å².